The number of aromatic nitrogens is 2. The zero-order valence-electron chi connectivity index (χ0n) is 13.6. The van der Waals surface area contributed by atoms with Crippen molar-refractivity contribution in [3.63, 3.8) is 0 Å². The van der Waals surface area contributed by atoms with Gasteiger partial charge in [0.15, 0.2) is 0 Å². The zero-order valence-corrected chi connectivity index (χ0v) is 14.5. The summed E-state index contributed by atoms with van der Waals surface area (Å²) < 4.78 is 2.46. The van der Waals surface area contributed by atoms with Gasteiger partial charge in [-0.15, -0.1) is 0 Å². The van der Waals surface area contributed by atoms with Gasteiger partial charge in [-0.1, -0.05) is 30.3 Å². The first-order valence-electron chi connectivity index (χ1n) is 8.70. The van der Waals surface area contributed by atoms with Crippen molar-refractivity contribution in [2.75, 3.05) is 13.1 Å². The number of fused-ring (bicyclic) bond motifs is 2. The lowest BCUT2D eigenvalue weighted by atomic mass is 9.89. The standard InChI is InChI=1S/C20H21N3S/c1-2-4-16(5-3-1)19-9-21-20-8-17-11-22(10-15-6-7-24-14-15)12-18(17)13-23(19)20/h1-7,9,14,17-18H,8,10-13H2. The summed E-state index contributed by atoms with van der Waals surface area (Å²) in [4.78, 5) is 7.37. The second-order valence-corrected chi connectivity index (χ2v) is 7.87. The van der Waals surface area contributed by atoms with Crippen LogP contribution >= 0.6 is 11.3 Å². The summed E-state index contributed by atoms with van der Waals surface area (Å²) in [6.45, 7) is 4.65. The highest BCUT2D eigenvalue weighted by Gasteiger charge is 2.37. The van der Waals surface area contributed by atoms with Gasteiger partial charge in [0.1, 0.15) is 5.82 Å². The quantitative estimate of drug-likeness (QED) is 0.723. The van der Waals surface area contributed by atoms with Crippen LogP contribution in [0.5, 0.6) is 0 Å². The highest BCUT2D eigenvalue weighted by molar-refractivity contribution is 7.07. The van der Waals surface area contributed by atoms with Crippen LogP contribution in [-0.2, 0) is 19.5 Å². The summed E-state index contributed by atoms with van der Waals surface area (Å²) in [6.07, 6.45) is 3.19. The van der Waals surface area contributed by atoms with Gasteiger partial charge in [-0.3, -0.25) is 4.90 Å². The first-order chi connectivity index (χ1) is 11.9. The Morgan fingerprint density at radius 3 is 2.75 bits per heavy atom. The fourth-order valence-electron chi connectivity index (χ4n) is 4.33. The van der Waals surface area contributed by atoms with E-state index < -0.39 is 0 Å². The van der Waals surface area contributed by atoms with Gasteiger partial charge in [-0.2, -0.15) is 11.3 Å². The number of likely N-dealkylation sites (tertiary alicyclic amines) is 1. The molecule has 0 N–H and O–H groups in total. The number of imidazole rings is 1. The van der Waals surface area contributed by atoms with Crippen LogP contribution in [0, 0.1) is 11.8 Å². The van der Waals surface area contributed by atoms with Crippen LogP contribution in [-0.4, -0.2) is 27.5 Å². The predicted octanol–water partition coefficient (Wildman–Crippen LogP) is 3.92. The molecule has 2 unspecified atom stereocenters. The molecular weight excluding hydrogens is 314 g/mol. The van der Waals surface area contributed by atoms with Crippen molar-refractivity contribution in [3.05, 3.63) is 64.7 Å². The van der Waals surface area contributed by atoms with E-state index in [4.69, 9.17) is 4.98 Å². The Morgan fingerprint density at radius 1 is 1.04 bits per heavy atom. The van der Waals surface area contributed by atoms with Gasteiger partial charge in [-0.05, 0) is 39.8 Å². The molecule has 4 heterocycles. The maximum Gasteiger partial charge on any atom is 0.109 e. The van der Waals surface area contributed by atoms with Gasteiger partial charge in [0.2, 0.25) is 0 Å². The van der Waals surface area contributed by atoms with Crippen LogP contribution in [0.1, 0.15) is 11.4 Å². The van der Waals surface area contributed by atoms with Gasteiger partial charge in [-0.25, -0.2) is 4.98 Å². The Labute approximate surface area is 146 Å². The first kappa shape index (κ1) is 14.4. The average Bonchev–Trinajstić information content (AvgIpc) is 3.32. The third kappa shape index (κ3) is 2.50. The number of hydrogen-bond donors (Lipinski definition) is 0. The summed E-state index contributed by atoms with van der Waals surface area (Å²) in [5, 5.41) is 4.46. The van der Waals surface area contributed by atoms with Crippen LogP contribution < -0.4 is 0 Å². The van der Waals surface area contributed by atoms with Crippen molar-refractivity contribution in [1.82, 2.24) is 14.5 Å². The van der Waals surface area contributed by atoms with Crippen molar-refractivity contribution < 1.29 is 0 Å². The Kier molecular flexibility index (Phi) is 3.53. The van der Waals surface area contributed by atoms with Gasteiger partial charge >= 0.3 is 0 Å². The lowest BCUT2D eigenvalue weighted by molar-refractivity contribution is 0.307. The Bertz CT molecular complexity index is 822. The van der Waals surface area contributed by atoms with Crippen LogP contribution in [0.3, 0.4) is 0 Å². The molecule has 0 bridgehead atoms. The van der Waals surface area contributed by atoms with Gasteiger partial charge in [0, 0.05) is 32.6 Å². The normalized spacial score (nSPS) is 23.2. The second kappa shape index (κ2) is 5.87. The van der Waals surface area contributed by atoms with E-state index in [2.05, 4.69) is 62.8 Å². The summed E-state index contributed by atoms with van der Waals surface area (Å²) >= 11 is 1.80. The van der Waals surface area contributed by atoms with E-state index in [9.17, 15) is 0 Å². The predicted molar refractivity (Wildman–Crippen MR) is 97.9 cm³/mol. The molecule has 0 amide bonds. The molecule has 3 nitrogen and oxygen atoms in total. The molecule has 0 saturated carbocycles. The minimum absolute atomic E-state index is 0.757. The van der Waals surface area contributed by atoms with Crippen molar-refractivity contribution in [1.29, 1.82) is 0 Å². The number of rotatable bonds is 3. The summed E-state index contributed by atoms with van der Waals surface area (Å²) in [6, 6.07) is 12.9. The number of nitrogens with zero attached hydrogens (tertiary/aromatic N) is 3. The highest BCUT2D eigenvalue weighted by Crippen LogP contribution is 2.35. The molecule has 1 aromatic carbocycles. The van der Waals surface area contributed by atoms with Gasteiger partial charge in [0.05, 0.1) is 11.9 Å². The fourth-order valence-corrected chi connectivity index (χ4v) is 4.99. The number of hydrogen-bond acceptors (Lipinski definition) is 3. The summed E-state index contributed by atoms with van der Waals surface area (Å²) in [5.41, 5.74) is 4.02. The van der Waals surface area contributed by atoms with E-state index in [1.54, 1.807) is 11.3 Å². The highest BCUT2D eigenvalue weighted by atomic mass is 32.1. The van der Waals surface area contributed by atoms with E-state index >= 15 is 0 Å². The maximum atomic E-state index is 4.74. The maximum absolute atomic E-state index is 4.74. The molecule has 1 saturated heterocycles. The second-order valence-electron chi connectivity index (χ2n) is 7.09. The molecule has 0 spiro atoms. The van der Waals surface area contributed by atoms with Crippen LogP contribution in [0.2, 0.25) is 0 Å². The molecule has 1 fully saturated rings. The largest absolute Gasteiger partial charge is 0.328 e. The van der Waals surface area contributed by atoms with E-state index in [0.29, 0.717) is 0 Å². The van der Waals surface area contributed by atoms with Crippen LogP contribution in [0.25, 0.3) is 11.3 Å². The van der Waals surface area contributed by atoms with E-state index in [-0.39, 0.29) is 0 Å². The van der Waals surface area contributed by atoms with Crippen molar-refractivity contribution in [2.45, 2.75) is 19.5 Å². The molecule has 0 aliphatic carbocycles. The van der Waals surface area contributed by atoms with E-state index in [1.807, 2.05) is 0 Å². The molecule has 24 heavy (non-hydrogen) atoms. The monoisotopic (exact) mass is 335 g/mol. The Balaban J connectivity index is 1.37. The van der Waals surface area contributed by atoms with Crippen LogP contribution in [0.4, 0.5) is 0 Å². The summed E-state index contributed by atoms with van der Waals surface area (Å²) in [7, 11) is 0. The van der Waals surface area contributed by atoms with Crippen molar-refractivity contribution >= 4 is 11.3 Å². The number of thiophene rings is 1. The molecule has 122 valence electrons. The minimum atomic E-state index is 0.757. The molecule has 2 aliphatic heterocycles. The molecule has 4 heteroatoms. The van der Waals surface area contributed by atoms with Crippen molar-refractivity contribution in [2.24, 2.45) is 11.8 Å². The molecule has 5 rings (SSSR count). The van der Waals surface area contributed by atoms with Gasteiger partial charge in [0.25, 0.3) is 0 Å². The lowest BCUT2D eigenvalue weighted by Gasteiger charge is -2.27. The van der Waals surface area contributed by atoms with Crippen LogP contribution in [0.15, 0.2) is 53.4 Å². The minimum Gasteiger partial charge on any atom is -0.328 e. The average molecular weight is 335 g/mol. The smallest absolute Gasteiger partial charge is 0.109 e. The molecule has 3 aromatic rings. The third-order valence-electron chi connectivity index (χ3n) is 5.51. The molecule has 0 radical (unpaired) electrons. The zero-order chi connectivity index (χ0) is 15.9. The summed E-state index contributed by atoms with van der Waals surface area (Å²) in [5.74, 6) is 2.79. The first-order valence-corrected chi connectivity index (χ1v) is 9.64. The SMILES string of the molecule is c1ccc(-c2cnc3n2CC2CN(Cc4ccsc4)CC2C3)cc1. The molecule has 2 aromatic heterocycles. The molecular formula is C20H21N3S. The number of benzene rings is 1. The fraction of sp³-hybridized carbons (Fsp3) is 0.350. The third-order valence-corrected chi connectivity index (χ3v) is 6.24. The molecule has 2 atom stereocenters. The topological polar surface area (TPSA) is 21.1 Å². The van der Waals surface area contributed by atoms with Gasteiger partial charge < -0.3 is 4.57 Å². The molecule has 2 aliphatic rings. The Hall–Kier alpha value is -1.91. The van der Waals surface area contributed by atoms with E-state index in [0.717, 1.165) is 31.3 Å². The van der Waals surface area contributed by atoms with Crippen molar-refractivity contribution in [3.8, 4) is 11.3 Å². The van der Waals surface area contributed by atoms with E-state index in [1.165, 1.54) is 35.7 Å². The lowest BCUT2D eigenvalue weighted by Crippen LogP contribution is -2.28. The Morgan fingerprint density at radius 2 is 1.92 bits per heavy atom.